The van der Waals surface area contributed by atoms with Crippen LogP contribution in [0, 0.1) is 19.3 Å². The Morgan fingerprint density at radius 3 is 2.00 bits per heavy atom. The monoisotopic (exact) mass is 196 g/mol. The molecule has 1 rings (SSSR count). The summed E-state index contributed by atoms with van der Waals surface area (Å²) in [5.41, 5.74) is 2.87. The minimum absolute atomic E-state index is 0.309. The van der Waals surface area contributed by atoms with Crippen molar-refractivity contribution in [2.45, 2.75) is 55.0 Å². The molecule has 0 fully saturated rings. The molecule has 0 N–H and O–H groups in total. The van der Waals surface area contributed by atoms with Crippen molar-refractivity contribution < 1.29 is 0 Å². The highest BCUT2D eigenvalue weighted by molar-refractivity contribution is 5.13. The second-order valence-corrected chi connectivity index (χ2v) is 4.63. The first-order valence-electron chi connectivity index (χ1n) is 5.39. The van der Waals surface area contributed by atoms with Crippen LogP contribution in [0.1, 0.15) is 45.9 Å². The number of nitrogens with zero attached hydrogens (tertiary/aromatic N) is 2. The smallest absolute Gasteiger partial charge is 0.0521 e. The lowest BCUT2D eigenvalue weighted by molar-refractivity contribution is 0.321. The number of aryl methyl sites for hydroxylation is 1. The zero-order chi connectivity index (χ0) is 11.4. The van der Waals surface area contributed by atoms with E-state index in [-0.39, 0.29) is 0 Å². The van der Waals surface area contributed by atoms with Crippen LogP contribution >= 0.6 is 0 Å². The van der Waals surface area contributed by atoms with Crippen molar-refractivity contribution in [1.29, 1.82) is 0 Å². The number of aromatic nitrogens is 2. The van der Waals surface area contributed by atoms with Crippen LogP contribution < -0.4 is 0 Å². The molecule has 2 nitrogen and oxygen atoms in total. The molecule has 1 aromatic heterocycles. The van der Waals surface area contributed by atoms with Gasteiger partial charge in [-0.3, -0.25) is 4.68 Å². The van der Waals surface area contributed by atoms with Crippen LogP contribution in [0.4, 0.5) is 0 Å². The van der Waals surface area contributed by atoms with E-state index in [0.29, 0.717) is 5.41 Å². The zero-order valence-electron chi connectivity index (χ0n) is 10.7. The first-order chi connectivity index (χ1) is 6.40. The Bertz CT molecular complexity index is 266. The molecule has 0 unspecified atom stereocenters. The summed E-state index contributed by atoms with van der Waals surface area (Å²) in [6.07, 6.45) is 1.93. The average molecular weight is 196 g/mol. The first-order valence-corrected chi connectivity index (χ1v) is 5.39. The van der Waals surface area contributed by atoms with E-state index < -0.39 is 0 Å². The van der Waals surface area contributed by atoms with Gasteiger partial charge < -0.3 is 0 Å². The van der Waals surface area contributed by atoms with E-state index in [9.17, 15) is 0 Å². The molecule has 0 aromatic carbocycles. The Morgan fingerprint density at radius 2 is 1.71 bits per heavy atom. The standard InChI is InChI=1S/C10H18N2.C2H6/c1-8-6-11-12(9(8)2)7-10(3,4)5;1-2/h6H,7H2,1-5H3;1-2H3. The zero-order valence-corrected chi connectivity index (χ0v) is 10.7. The molecule has 2 heteroatoms. The lowest BCUT2D eigenvalue weighted by Gasteiger charge is -2.19. The van der Waals surface area contributed by atoms with Crippen molar-refractivity contribution in [1.82, 2.24) is 9.78 Å². The minimum atomic E-state index is 0.309. The van der Waals surface area contributed by atoms with Crippen molar-refractivity contribution in [2.24, 2.45) is 5.41 Å². The fourth-order valence-electron chi connectivity index (χ4n) is 1.15. The lowest BCUT2D eigenvalue weighted by atomic mass is 9.97. The molecule has 0 saturated carbocycles. The van der Waals surface area contributed by atoms with Gasteiger partial charge in [0.05, 0.1) is 6.20 Å². The summed E-state index contributed by atoms with van der Waals surface area (Å²) in [5.74, 6) is 0. The number of hydrogen-bond acceptors (Lipinski definition) is 1. The predicted octanol–water partition coefficient (Wildman–Crippen LogP) is 3.57. The van der Waals surface area contributed by atoms with Gasteiger partial charge in [-0.05, 0) is 24.8 Å². The maximum atomic E-state index is 4.32. The van der Waals surface area contributed by atoms with Crippen LogP contribution in [0.5, 0.6) is 0 Å². The molecule has 0 aliphatic heterocycles. The summed E-state index contributed by atoms with van der Waals surface area (Å²) >= 11 is 0. The molecule has 14 heavy (non-hydrogen) atoms. The van der Waals surface area contributed by atoms with E-state index >= 15 is 0 Å². The Labute approximate surface area is 88.3 Å². The molecule has 0 spiro atoms. The van der Waals surface area contributed by atoms with Gasteiger partial charge >= 0.3 is 0 Å². The summed E-state index contributed by atoms with van der Waals surface area (Å²) in [6.45, 7) is 15.9. The molecule has 0 bridgehead atoms. The second-order valence-electron chi connectivity index (χ2n) is 4.63. The average Bonchev–Trinajstić information content (AvgIpc) is 2.38. The molecular formula is C12H24N2. The van der Waals surface area contributed by atoms with Crippen molar-refractivity contribution >= 4 is 0 Å². The third kappa shape index (κ3) is 3.95. The highest BCUT2D eigenvalue weighted by Gasteiger charge is 2.13. The molecule has 0 radical (unpaired) electrons. The van der Waals surface area contributed by atoms with E-state index in [1.807, 2.05) is 20.0 Å². The van der Waals surface area contributed by atoms with Gasteiger partial charge in [0.25, 0.3) is 0 Å². The Kier molecular flexibility index (Phi) is 4.89. The lowest BCUT2D eigenvalue weighted by Crippen LogP contribution is -2.17. The van der Waals surface area contributed by atoms with E-state index in [1.54, 1.807) is 0 Å². The summed E-state index contributed by atoms with van der Waals surface area (Å²) in [6, 6.07) is 0. The Hall–Kier alpha value is -0.790. The van der Waals surface area contributed by atoms with Crippen molar-refractivity contribution in [3.05, 3.63) is 17.5 Å². The molecule has 0 atom stereocenters. The predicted molar refractivity (Wildman–Crippen MR) is 62.5 cm³/mol. The molecule has 0 aliphatic carbocycles. The Morgan fingerprint density at radius 1 is 1.21 bits per heavy atom. The van der Waals surface area contributed by atoms with Gasteiger partial charge in [-0.1, -0.05) is 34.6 Å². The van der Waals surface area contributed by atoms with Gasteiger partial charge in [0.15, 0.2) is 0 Å². The van der Waals surface area contributed by atoms with Crippen molar-refractivity contribution in [3.8, 4) is 0 Å². The van der Waals surface area contributed by atoms with E-state index in [4.69, 9.17) is 0 Å². The summed E-state index contributed by atoms with van der Waals surface area (Å²) in [4.78, 5) is 0. The van der Waals surface area contributed by atoms with Gasteiger partial charge in [0.2, 0.25) is 0 Å². The largest absolute Gasteiger partial charge is 0.269 e. The van der Waals surface area contributed by atoms with Gasteiger partial charge in [-0.15, -0.1) is 0 Å². The van der Waals surface area contributed by atoms with E-state index in [0.717, 1.165) is 6.54 Å². The minimum Gasteiger partial charge on any atom is -0.269 e. The van der Waals surface area contributed by atoms with Gasteiger partial charge in [0.1, 0.15) is 0 Å². The summed E-state index contributed by atoms with van der Waals surface area (Å²) in [5, 5.41) is 4.32. The van der Waals surface area contributed by atoms with Gasteiger partial charge in [0, 0.05) is 12.2 Å². The molecule has 82 valence electrons. The molecule has 1 aromatic rings. The SMILES string of the molecule is CC.Cc1cnn(CC(C)(C)C)c1C. The Balaban J connectivity index is 0.000000791. The normalized spacial score (nSPS) is 10.8. The van der Waals surface area contributed by atoms with Gasteiger partial charge in [-0.2, -0.15) is 5.10 Å². The number of hydrogen-bond donors (Lipinski definition) is 0. The van der Waals surface area contributed by atoms with E-state index in [2.05, 4.69) is 44.4 Å². The van der Waals surface area contributed by atoms with Gasteiger partial charge in [-0.25, -0.2) is 0 Å². The fraction of sp³-hybridized carbons (Fsp3) is 0.750. The molecule has 0 amide bonds. The van der Waals surface area contributed by atoms with Crippen molar-refractivity contribution in [2.75, 3.05) is 0 Å². The second kappa shape index (κ2) is 5.18. The van der Waals surface area contributed by atoms with Crippen LogP contribution in [-0.2, 0) is 6.54 Å². The van der Waals surface area contributed by atoms with Crippen LogP contribution in [0.25, 0.3) is 0 Å². The highest BCUT2D eigenvalue weighted by Crippen LogP contribution is 2.17. The molecule has 1 heterocycles. The topological polar surface area (TPSA) is 17.8 Å². The van der Waals surface area contributed by atoms with Crippen LogP contribution in [0.15, 0.2) is 6.20 Å². The molecule has 0 aliphatic rings. The summed E-state index contributed by atoms with van der Waals surface area (Å²) in [7, 11) is 0. The van der Waals surface area contributed by atoms with Crippen LogP contribution in [0.3, 0.4) is 0 Å². The van der Waals surface area contributed by atoms with Crippen LogP contribution in [0.2, 0.25) is 0 Å². The fourth-order valence-corrected chi connectivity index (χ4v) is 1.15. The highest BCUT2D eigenvalue weighted by atomic mass is 15.3. The van der Waals surface area contributed by atoms with Crippen molar-refractivity contribution in [3.63, 3.8) is 0 Å². The quantitative estimate of drug-likeness (QED) is 0.671. The molecule has 0 saturated heterocycles. The third-order valence-corrected chi connectivity index (χ3v) is 1.97. The maximum Gasteiger partial charge on any atom is 0.0521 e. The summed E-state index contributed by atoms with van der Waals surface area (Å²) < 4.78 is 2.08. The maximum absolute atomic E-state index is 4.32. The third-order valence-electron chi connectivity index (χ3n) is 1.97. The first kappa shape index (κ1) is 13.2. The number of rotatable bonds is 1. The molecular weight excluding hydrogens is 172 g/mol. The van der Waals surface area contributed by atoms with E-state index in [1.165, 1.54) is 11.3 Å². The van der Waals surface area contributed by atoms with Crippen LogP contribution in [-0.4, -0.2) is 9.78 Å².